The first-order chi connectivity index (χ1) is 15.4. The van der Waals surface area contributed by atoms with Crippen molar-refractivity contribution in [2.24, 2.45) is 5.41 Å². The fraction of sp³-hybridized carbons (Fsp3) is 0.524. The van der Waals surface area contributed by atoms with Gasteiger partial charge in [-0.3, -0.25) is 4.79 Å². The highest BCUT2D eigenvalue weighted by atomic mass is 35.5. The molecular formula is C21H23ClF3NO8. The maximum absolute atomic E-state index is 13.7. The van der Waals surface area contributed by atoms with Crippen LogP contribution in [0.4, 0.5) is 13.2 Å². The number of rotatable bonds is 7. The summed E-state index contributed by atoms with van der Waals surface area (Å²) in [5.41, 5.74) is -2.13. The first-order valence-electron chi connectivity index (χ1n) is 9.84. The molecule has 0 bridgehead atoms. The van der Waals surface area contributed by atoms with Gasteiger partial charge in [0.25, 0.3) is 5.09 Å². The van der Waals surface area contributed by atoms with Crippen LogP contribution in [0.2, 0.25) is 5.02 Å². The Labute approximate surface area is 197 Å². The molecule has 1 aromatic carbocycles. The van der Waals surface area contributed by atoms with Crippen LogP contribution < -0.4 is 4.74 Å². The number of fused-ring (bicyclic) bond motifs is 1. The number of nitrogens with zero attached hydrogens (tertiary/aromatic N) is 1. The number of ether oxygens (including phenoxy) is 3. The summed E-state index contributed by atoms with van der Waals surface area (Å²) in [6, 6.07) is 2.78. The molecule has 9 nitrogen and oxygen atoms in total. The third-order valence-corrected chi connectivity index (χ3v) is 5.05. The molecule has 188 valence electrons. The summed E-state index contributed by atoms with van der Waals surface area (Å²) in [6.07, 6.45) is -6.63. The second kappa shape index (κ2) is 9.69. The highest BCUT2D eigenvalue weighted by molar-refractivity contribution is 6.31. The molecule has 0 radical (unpaired) electrons. The summed E-state index contributed by atoms with van der Waals surface area (Å²) >= 11 is 6.27. The summed E-state index contributed by atoms with van der Waals surface area (Å²) in [6.45, 7) is 6.35. The fourth-order valence-electron chi connectivity index (χ4n) is 2.89. The molecule has 34 heavy (non-hydrogen) atoms. The summed E-state index contributed by atoms with van der Waals surface area (Å²) < 4.78 is 55.5. The lowest BCUT2D eigenvalue weighted by Crippen LogP contribution is -2.41. The van der Waals surface area contributed by atoms with Gasteiger partial charge < -0.3 is 19.0 Å². The molecule has 1 unspecified atom stereocenters. The monoisotopic (exact) mass is 509 g/mol. The van der Waals surface area contributed by atoms with E-state index in [0.717, 1.165) is 6.08 Å². The molecule has 1 aliphatic rings. The van der Waals surface area contributed by atoms with Crippen LogP contribution in [-0.2, 0) is 29.3 Å². The number of carbonyl (C=O) groups is 2. The average Bonchev–Trinajstić information content (AvgIpc) is 2.69. The van der Waals surface area contributed by atoms with Crippen molar-refractivity contribution in [3.05, 3.63) is 44.0 Å². The van der Waals surface area contributed by atoms with Crippen LogP contribution in [0.5, 0.6) is 5.75 Å². The van der Waals surface area contributed by atoms with Crippen molar-refractivity contribution in [3.8, 4) is 5.75 Å². The molecule has 0 saturated carbocycles. The normalized spacial score (nSPS) is 16.0. The molecule has 1 heterocycles. The van der Waals surface area contributed by atoms with Crippen molar-refractivity contribution >= 4 is 29.6 Å². The van der Waals surface area contributed by atoms with Gasteiger partial charge in [0, 0.05) is 10.6 Å². The summed E-state index contributed by atoms with van der Waals surface area (Å²) in [4.78, 5) is 38.8. The van der Waals surface area contributed by atoms with Gasteiger partial charge in [-0.05, 0) is 43.0 Å². The van der Waals surface area contributed by atoms with Gasteiger partial charge in [0.05, 0.1) is 11.0 Å². The van der Waals surface area contributed by atoms with E-state index in [0.29, 0.717) is 5.56 Å². The number of benzene rings is 1. The Hall–Kier alpha value is -3.02. The maximum Gasteiger partial charge on any atom is 0.430 e. The van der Waals surface area contributed by atoms with Gasteiger partial charge in [-0.25, -0.2) is 4.79 Å². The van der Waals surface area contributed by atoms with E-state index in [1.165, 1.54) is 26.0 Å². The van der Waals surface area contributed by atoms with Crippen LogP contribution >= 0.6 is 11.6 Å². The standard InChI is InChI=1S/C21H23ClF3NO8/c1-19(2,3)13-8-15-11(7-14(13)22)6-12(16(34-15)21(23,24)25)17(27)31-10-32-18(28)20(4,5)9-33-26(29)30/h6-8,16H,9-10H2,1-5H3. The number of hydrogen-bond acceptors (Lipinski definition) is 8. The van der Waals surface area contributed by atoms with E-state index in [1.807, 2.05) is 20.8 Å². The zero-order chi connectivity index (χ0) is 26.1. The number of esters is 2. The molecule has 0 fully saturated rings. The van der Waals surface area contributed by atoms with Gasteiger partial charge in [0.2, 0.25) is 12.9 Å². The maximum atomic E-state index is 13.7. The fourth-order valence-corrected chi connectivity index (χ4v) is 3.34. The highest BCUT2D eigenvalue weighted by Gasteiger charge is 2.49. The largest absolute Gasteiger partial charge is 0.475 e. The Morgan fingerprint density at radius 1 is 1.15 bits per heavy atom. The number of hydrogen-bond donors (Lipinski definition) is 0. The summed E-state index contributed by atoms with van der Waals surface area (Å²) in [5, 5.41) is 9.45. The van der Waals surface area contributed by atoms with Crippen molar-refractivity contribution in [2.45, 2.75) is 52.3 Å². The topological polar surface area (TPSA) is 114 Å². The predicted molar refractivity (Wildman–Crippen MR) is 112 cm³/mol. The molecule has 1 aliphatic heterocycles. The molecule has 13 heteroatoms. The lowest BCUT2D eigenvalue weighted by molar-refractivity contribution is -0.760. The Morgan fingerprint density at radius 3 is 2.29 bits per heavy atom. The van der Waals surface area contributed by atoms with Crippen molar-refractivity contribution in [1.82, 2.24) is 0 Å². The van der Waals surface area contributed by atoms with Crippen LogP contribution in [-0.4, -0.2) is 42.7 Å². The first kappa shape index (κ1) is 27.2. The van der Waals surface area contributed by atoms with Crippen molar-refractivity contribution in [3.63, 3.8) is 0 Å². The van der Waals surface area contributed by atoms with E-state index in [9.17, 15) is 32.9 Å². The molecule has 1 atom stereocenters. The second-order valence-electron chi connectivity index (χ2n) is 9.12. The van der Waals surface area contributed by atoms with Crippen molar-refractivity contribution in [2.75, 3.05) is 13.4 Å². The molecule has 0 aromatic heterocycles. The SMILES string of the molecule is CC(C)(CO[N+](=O)[O-])C(=O)OCOC(=O)C1=Cc2cc(Cl)c(C(C)(C)C)cc2OC1C(F)(F)F. The first-order valence-corrected chi connectivity index (χ1v) is 10.2. The predicted octanol–water partition coefficient (Wildman–Crippen LogP) is 4.62. The smallest absolute Gasteiger partial charge is 0.430 e. The van der Waals surface area contributed by atoms with E-state index in [2.05, 4.69) is 9.57 Å². The van der Waals surface area contributed by atoms with Crippen LogP contribution in [0.3, 0.4) is 0 Å². The molecule has 0 aliphatic carbocycles. The van der Waals surface area contributed by atoms with Gasteiger partial charge >= 0.3 is 18.1 Å². The third kappa shape index (κ3) is 6.52. The summed E-state index contributed by atoms with van der Waals surface area (Å²) in [7, 11) is 0. The molecule has 0 spiro atoms. The second-order valence-corrected chi connectivity index (χ2v) is 9.53. The lowest BCUT2D eigenvalue weighted by Gasteiger charge is -2.30. The molecule has 0 N–H and O–H groups in total. The van der Waals surface area contributed by atoms with Gasteiger partial charge in [0.15, 0.2) is 0 Å². The Morgan fingerprint density at radius 2 is 1.76 bits per heavy atom. The van der Waals surface area contributed by atoms with E-state index < -0.39 is 59.1 Å². The lowest BCUT2D eigenvalue weighted by atomic mass is 9.85. The van der Waals surface area contributed by atoms with E-state index in [4.69, 9.17) is 21.1 Å². The van der Waals surface area contributed by atoms with E-state index >= 15 is 0 Å². The minimum absolute atomic E-state index is 0.104. The Bertz CT molecular complexity index is 1010. The molecule has 1 aromatic rings. The van der Waals surface area contributed by atoms with E-state index in [1.54, 1.807) is 0 Å². The van der Waals surface area contributed by atoms with Gasteiger partial charge in [0.1, 0.15) is 12.4 Å². The zero-order valence-corrected chi connectivity index (χ0v) is 19.7. The minimum Gasteiger partial charge on any atom is -0.475 e. The summed E-state index contributed by atoms with van der Waals surface area (Å²) in [5.74, 6) is -2.57. The molecular weight excluding hydrogens is 487 g/mol. The molecule has 0 saturated heterocycles. The zero-order valence-electron chi connectivity index (χ0n) is 18.9. The van der Waals surface area contributed by atoms with Gasteiger partial charge in [-0.1, -0.05) is 32.4 Å². The van der Waals surface area contributed by atoms with Crippen molar-refractivity contribution < 1.29 is 46.9 Å². The van der Waals surface area contributed by atoms with Crippen LogP contribution in [0, 0.1) is 15.5 Å². The van der Waals surface area contributed by atoms with E-state index in [-0.39, 0.29) is 16.3 Å². The third-order valence-electron chi connectivity index (χ3n) is 4.74. The highest BCUT2D eigenvalue weighted by Crippen LogP contribution is 2.42. The average molecular weight is 510 g/mol. The number of halogens is 4. The van der Waals surface area contributed by atoms with Crippen molar-refractivity contribution in [1.29, 1.82) is 0 Å². The molecule has 2 rings (SSSR count). The van der Waals surface area contributed by atoms with Crippen LogP contribution in [0.15, 0.2) is 17.7 Å². The number of alkyl halides is 3. The van der Waals surface area contributed by atoms with Gasteiger partial charge in [-0.2, -0.15) is 13.2 Å². The Balaban J connectivity index is 2.22. The quantitative estimate of drug-likeness (QED) is 0.226. The number of carbonyl (C=O) groups excluding carboxylic acids is 2. The van der Waals surface area contributed by atoms with Crippen LogP contribution in [0.25, 0.3) is 6.08 Å². The minimum atomic E-state index is -4.96. The molecule has 0 amide bonds. The Kier molecular flexibility index (Phi) is 7.76. The van der Waals surface area contributed by atoms with Crippen LogP contribution in [0.1, 0.15) is 45.7 Å². The van der Waals surface area contributed by atoms with Gasteiger partial charge in [-0.15, -0.1) is 10.1 Å².